The van der Waals surface area contributed by atoms with Crippen molar-refractivity contribution in [3.05, 3.63) is 159 Å². The Labute approximate surface area is 396 Å². The molecule has 4 aromatic carbocycles. The smallest absolute Gasteiger partial charge is 0.373 e. The Morgan fingerprint density at radius 2 is 1.19 bits per heavy atom. The van der Waals surface area contributed by atoms with Crippen LogP contribution in [0.4, 0.5) is 5.69 Å². The number of ether oxygens (including phenoxy) is 2. The third kappa shape index (κ3) is 12.7. The molecule has 0 saturated carbocycles. The van der Waals surface area contributed by atoms with Crippen molar-refractivity contribution < 1.29 is 32.7 Å². The fraction of sp³-hybridized carbons (Fsp3) is 0.294. The number of carbonyl (C=O) groups excluding carboxylic acids is 3. The maximum absolute atomic E-state index is 12.8. The highest BCUT2D eigenvalue weighted by Gasteiger charge is 2.22. The maximum atomic E-state index is 12.8. The van der Waals surface area contributed by atoms with Gasteiger partial charge in [-0.05, 0) is 114 Å². The normalized spacial score (nSPS) is 14.3. The number of anilines is 1. The topological polar surface area (TPSA) is 224 Å². The van der Waals surface area contributed by atoms with Crippen molar-refractivity contribution in [1.29, 1.82) is 0 Å². The maximum Gasteiger partial charge on any atom is 0.373 e. The molecule has 2 saturated heterocycles. The lowest BCUT2D eigenvalue weighted by molar-refractivity contribution is -0.191. The van der Waals surface area contributed by atoms with Crippen LogP contribution in [0.5, 0.6) is 11.5 Å². The van der Waals surface area contributed by atoms with E-state index in [0.29, 0.717) is 11.2 Å². The van der Waals surface area contributed by atoms with E-state index in [9.17, 15) is 14.4 Å². The number of rotatable bonds is 9. The average molecular weight is 936 g/mol. The Morgan fingerprint density at radius 1 is 0.696 bits per heavy atom. The van der Waals surface area contributed by atoms with E-state index in [4.69, 9.17) is 33.6 Å². The minimum absolute atomic E-state index is 0.112. The van der Waals surface area contributed by atoms with Crippen LogP contribution in [0.2, 0.25) is 0 Å². The summed E-state index contributed by atoms with van der Waals surface area (Å²) in [5.41, 5.74) is 9.69. The molecule has 8 aromatic rings. The van der Waals surface area contributed by atoms with Crippen molar-refractivity contribution >= 4 is 39.6 Å². The molecule has 0 radical (unpaired) electrons. The van der Waals surface area contributed by atoms with E-state index >= 15 is 0 Å². The number of nitrogens with two attached hydrogens (primary N) is 1. The van der Waals surface area contributed by atoms with Gasteiger partial charge >= 0.3 is 17.4 Å². The van der Waals surface area contributed by atoms with Gasteiger partial charge in [0, 0.05) is 60.1 Å². The number of nitrogens with zero attached hydrogens (tertiary/aromatic N) is 8. The zero-order valence-corrected chi connectivity index (χ0v) is 38.8. The van der Waals surface area contributed by atoms with Crippen molar-refractivity contribution in [2.45, 2.75) is 58.2 Å². The number of nitrogen functional groups attached to an aromatic ring is 1. The molecule has 0 atom stereocenters. The first-order valence-electron chi connectivity index (χ1n) is 22.4. The van der Waals surface area contributed by atoms with Gasteiger partial charge in [0.1, 0.15) is 46.3 Å². The van der Waals surface area contributed by atoms with Crippen molar-refractivity contribution in [1.82, 2.24) is 39.8 Å². The first kappa shape index (κ1) is 48.9. The molecular formula is C51H53N9O9. The quantitative estimate of drug-likeness (QED) is 0.122. The Hall–Kier alpha value is -8.05. The first-order chi connectivity index (χ1) is 33.4. The Morgan fingerprint density at radius 3 is 1.70 bits per heavy atom. The number of aryl methyl sites for hydroxylation is 2. The largest absolute Gasteiger partial charge is 0.490 e. The van der Waals surface area contributed by atoms with Gasteiger partial charge in [0.25, 0.3) is 0 Å². The van der Waals surface area contributed by atoms with Gasteiger partial charge in [-0.25, -0.2) is 19.0 Å². The van der Waals surface area contributed by atoms with Crippen LogP contribution in [0.25, 0.3) is 33.3 Å². The minimum atomic E-state index is -0.532. The molecule has 2 aliphatic rings. The molecule has 0 spiro atoms. The predicted molar refractivity (Wildman–Crippen MR) is 257 cm³/mol. The zero-order valence-electron chi connectivity index (χ0n) is 38.8. The second-order valence-corrected chi connectivity index (χ2v) is 16.8. The van der Waals surface area contributed by atoms with Crippen LogP contribution < -0.4 is 26.5 Å². The minimum Gasteiger partial charge on any atom is -0.490 e. The molecule has 0 amide bonds. The van der Waals surface area contributed by atoms with Crippen molar-refractivity contribution in [3.63, 3.8) is 0 Å². The standard InChI is InChI=1S/C26H26N4O4.C16H20N2O3.C8H7N3.CO2/c1-17-24(33-21-10-12-29(2)13-11-21)9-8-18-14-19(26(32)34-25(17)18)15-23(31)22-16-30(28-27-22)20-6-4-3-5-7-20;1-10-14(20-12-5-7-18(2)8-6-12)4-3-11-9-13(17)16(19)21-15(10)11;1-2-4-8(5-3-1)11-7-6-9-10-11;2-1-3/h3-9,14,16,21H,10-13,15H2,1-2H3;3-4,9,12H,5-8,17H2,1-2H3;1-7H;. The summed E-state index contributed by atoms with van der Waals surface area (Å²) < 4.78 is 26.5. The molecule has 2 fully saturated rings. The van der Waals surface area contributed by atoms with Crippen molar-refractivity contribution in [2.75, 3.05) is 46.0 Å². The molecule has 4 aromatic heterocycles. The van der Waals surface area contributed by atoms with E-state index in [0.717, 1.165) is 96.6 Å². The van der Waals surface area contributed by atoms with Gasteiger partial charge < -0.3 is 33.8 Å². The van der Waals surface area contributed by atoms with Crippen LogP contribution in [-0.2, 0) is 16.0 Å². The second-order valence-electron chi connectivity index (χ2n) is 16.8. The summed E-state index contributed by atoms with van der Waals surface area (Å²) >= 11 is 0. The number of para-hydroxylation sites is 2. The lowest BCUT2D eigenvalue weighted by Gasteiger charge is -2.29. The van der Waals surface area contributed by atoms with Crippen LogP contribution in [0.15, 0.2) is 134 Å². The van der Waals surface area contributed by atoms with Crippen LogP contribution in [0, 0.1) is 13.8 Å². The molecular weight excluding hydrogens is 883 g/mol. The van der Waals surface area contributed by atoms with E-state index in [-0.39, 0.29) is 47.5 Å². The number of piperidine rings is 2. The van der Waals surface area contributed by atoms with Crippen LogP contribution in [0.1, 0.15) is 52.9 Å². The molecule has 18 nitrogen and oxygen atoms in total. The van der Waals surface area contributed by atoms with Crippen molar-refractivity contribution in [3.8, 4) is 22.9 Å². The number of carbonyl (C=O) groups is 1. The highest BCUT2D eigenvalue weighted by Crippen LogP contribution is 2.31. The lowest BCUT2D eigenvalue weighted by Crippen LogP contribution is -2.35. The number of fused-ring (bicyclic) bond motifs is 2. The lowest BCUT2D eigenvalue weighted by atomic mass is 10.0. The number of benzene rings is 4. The number of Topliss-reactive ketones (excluding diaryl/α,β-unsaturated/α-hetero) is 1. The zero-order chi connectivity index (χ0) is 48.9. The molecule has 356 valence electrons. The highest BCUT2D eigenvalue weighted by atomic mass is 16.5. The summed E-state index contributed by atoms with van der Waals surface area (Å²) in [5, 5.41) is 17.1. The van der Waals surface area contributed by atoms with Crippen LogP contribution >= 0.6 is 0 Å². The van der Waals surface area contributed by atoms with Gasteiger partial charge in [0.2, 0.25) is 0 Å². The number of aromatic nitrogens is 6. The molecule has 0 bridgehead atoms. The molecule has 0 aliphatic carbocycles. The van der Waals surface area contributed by atoms with E-state index < -0.39 is 11.3 Å². The SMILES string of the molecule is Cc1c(OC2CCN(C)CC2)ccc2cc(CC(=O)c3cn(-c4ccccc4)nn3)c(=O)oc12.Cc1c(OC2CCN(C)CC2)ccc2cc(N)c(=O)oc12.O=C=O.c1ccc(-n2ccnn2)cc1. The molecule has 2 N–H and O–H groups in total. The van der Waals surface area contributed by atoms with Gasteiger partial charge in [0.05, 0.1) is 30.0 Å². The average Bonchev–Trinajstić information content (AvgIpc) is 4.10. The molecule has 0 unspecified atom stereocenters. The van der Waals surface area contributed by atoms with Gasteiger partial charge in [-0.15, -0.1) is 10.2 Å². The fourth-order valence-electron chi connectivity index (χ4n) is 7.90. The Bertz CT molecular complexity index is 3110. The first-order valence-corrected chi connectivity index (χ1v) is 22.4. The molecule has 69 heavy (non-hydrogen) atoms. The highest BCUT2D eigenvalue weighted by molar-refractivity contribution is 5.96. The number of likely N-dealkylation sites (tertiary alicyclic amines) is 2. The summed E-state index contributed by atoms with van der Waals surface area (Å²) in [6.07, 6.45) is 9.51. The third-order valence-corrected chi connectivity index (χ3v) is 11.8. The van der Waals surface area contributed by atoms with Crippen LogP contribution in [-0.4, -0.2) is 104 Å². The molecule has 18 heteroatoms. The molecule has 10 rings (SSSR count). The summed E-state index contributed by atoms with van der Waals surface area (Å²) in [4.78, 5) is 57.9. The number of hydrogen-bond acceptors (Lipinski definition) is 16. The summed E-state index contributed by atoms with van der Waals surface area (Å²) in [6, 6.07) is 30.2. The second kappa shape index (κ2) is 23.1. The van der Waals surface area contributed by atoms with Gasteiger partial charge in [-0.1, -0.05) is 46.8 Å². The van der Waals surface area contributed by atoms with E-state index in [1.54, 1.807) is 29.2 Å². The van der Waals surface area contributed by atoms with Gasteiger partial charge in [0.15, 0.2) is 5.78 Å². The van der Waals surface area contributed by atoms with Gasteiger partial charge in [-0.2, -0.15) is 9.59 Å². The molecule has 2 aliphatic heterocycles. The van der Waals surface area contributed by atoms with Crippen molar-refractivity contribution in [2.24, 2.45) is 0 Å². The monoisotopic (exact) mass is 935 g/mol. The molecule has 6 heterocycles. The van der Waals surface area contributed by atoms with Gasteiger partial charge in [-0.3, -0.25) is 4.79 Å². The Balaban J connectivity index is 0.000000169. The number of ketones is 1. The fourth-order valence-corrected chi connectivity index (χ4v) is 7.90. The van der Waals surface area contributed by atoms with E-state index in [1.165, 1.54) is 4.68 Å². The summed E-state index contributed by atoms with van der Waals surface area (Å²) in [5.74, 6) is 1.21. The van der Waals surface area contributed by atoms with E-state index in [2.05, 4.69) is 44.5 Å². The summed E-state index contributed by atoms with van der Waals surface area (Å²) in [6.45, 7) is 7.89. The third-order valence-electron chi connectivity index (χ3n) is 11.8. The number of hydrogen-bond donors (Lipinski definition) is 1. The summed E-state index contributed by atoms with van der Waals surface area (Å²) in [7, 11) is 4.23. The predicted octanol–water partition coefficient (Wildman–Crippen LogP) is 6.42. The Kier molecular flexibility index (Phi) is 16.4. The van der Waals surface area contributed by atoms with Crippen LogP contribution in [0.3, 0.4) is 0 Å². The van der Waals surface area contributed by atoms with E-state index in [1.807, 2.05) is 105 Å².